The third-order valence-electron chi connectivity index (χ3n) is 5.00. The summed E-state index contributed by atoms with van der Waals surface area (Å²) >= 11 is 1.50. The van der Waals surface area contributed by atoms with Crippen molar-refractivity contribution in [2.75, 3.05) is 0 Å². The number of rotatable bonds is 3. The van der Waals surface area contributed by atoms with Crippen LogP contribution in [0, 0.1) is 6.92 Å². The minimum Gasteiger partial charge on any atom is -0.461 e. The molecule has 0 saturated carbocycles. The molecule has 30 heavy (non-hydrogen) atoms. The molecule has 0 aliphatic carbocycles. The molecule has 0 atom stereocenters. The van der Waals surface area contributed by atoms with Crippen molar-refractivity contribution in [3.63, 3.8) is 0 Å². The molecule has 0 bridgehead atoms. The lowest BCUT2D eigenvalue weighted by molar-refractivity contribution is 0.575. The molecule has 0 aliphatic heterocycles. The first-order chi connectivity index (χ1) is 14.8. The van der Waals surface area contributed by atoms with Crippen molar-refractivity contribution >= 4 is 27.2 Å². The maximum absolute atomic E-state index is 5.50. The summed E-state index contributed by atoms with van der Waals surface area (Å²) in [7, 11) is 0. The Bertz CT molecular complexity index is 1500. The standard InChI is InChI=1S/C23H15N5OS/c1-14-9-10-18-16(12-14)17(13-19(24-18)15-6-3-2-4-7-15)22-27-28-21(20-8-5-11-29-20)25-26-23(28)30-22/h2-13H,1H3. The quantitative estimate of drug-likeness (QED) is 0.378. The van der Waals surface area contributed by atoms with Crippen LogP contribution in [0.25, 0.3) is 49.3 Å². The molecule has 6 aromatic rings. The Morgan fingerprint density at radius 2 is 1.83 bits per heavy atom. The van der Waals surface area contributed by atoms with Gasteiger partial charge in [0.2, 0.25) is 10.8 Å². The highest BCUT2D eigenvalue weighted by atomic mass is 32.1. The van der Waals surface area contributed by atoms with E-state index in [2.05, 4.69) is 53.5 Å². The maximum atomic E-state index is 5.50. The van der Waals surface area contributed by atoms with Crippen LogP contribution in [0.1, 0.15) is 5.56 Å². The van der Waals surface area contributed by atoms with Gasteiger partial charge in [-0.3, -0.25) is 0 Å². The van der Waals surface area contributed by atoms with Gasteiger partial charge in [-0.05, 0) is 37.3 Å². The molecular formula is C23H15N5OS. The van der Waals surface area contributed by atoms with E-state index in [1.165, 1.54) is 16.9 Å². The van der Waals surface area contributed by atoms with Crippen molar-refractivity contribution in [2.45, 2.75) is 6.92 Å². The summed E-state index contributed by atoms with van der Waals surface area (Å²) in [5.41, 5.74) is 5.13. The smallest absolute Gasteiger partial charge is 0.235 e. The zero-order chi connectivity index (χ0) is 20.1. The van der Waals surface area contributed by atoms with Crippen LogP contribution in [0.15, 0.2) is 77.4 Å². The Balaban J connectivity index is 1.60. The number of fused-ring (bicyclic) bond motifs is 2. The first kappa shape index (κ1) is 17.1. The van der Waals surface area contributed by atoms with E-state index in [4.69, 9.17) is 14.5 Å². The summed E-state index contributed by atoms with van der Waals surface area (Å²) in [5, 5.41) is 15.3. The van der Waals surface area contributed by atoms with Crippen LogP contribution in [-0.4, -0.2) is 24.8 Å². The third kappa shape index (κ3) is 2.71. The van der Waals surface area contributed by atoms with Crippen molar-refractivity contribution in [1.82, 2.24) is 24.8 Å². The second-order valence-corrected chi connectivity index (χ2v) is 8.00. The Morgan fingerprint density at radius 3 is 2.67 bits per heavy atom. The predicted molar refractivity (Wildman–Crippen MR) is 117 cm³/mol. The van der Waals surface area contributed by atoms with Gasteiger partial charge in [-0.1, -0.05) is 53.3 Å². The van der Waals surface area contributed by atoms with Gasteiger partial charge in [-0.25, -0.2) is 4.98 Å². The second kappa shape index (κ2) is 6.60. The highest BCUT2D eigenvalue weighted by Crippen LogP contribution is 2.35. The summed E-state index contributed by atoms with van der Waals surface area (Å²) in [6.07, 6.45) is 1.62. The van der Waals surface area contributed by atoms with Crippen molar-refractivity contribution in [1.29, 1.82) is 0 Å². The number of pyridine rings is 1. The van der Waals surface area contributed by atoms with E-state index in [1.54, 1.807) is 10.8 Å². The molecule has 0 unspecified atom stereocenters. The Morgan fingerprint density at radius 1 is 0.933 bits per heavy atom. The van der Waals surface area contributed by atoms with Gasteiger partial charge < -0.3 is 4.42 Å². The summed E-state index contributed by atoms with van der Waals surface area (Å²) in [4.78, 5) is 5.62. The molecular weight excluding hydrogens is 394 g/mol. The minimum absolute atomic E-state index is 0.593. The van der Waals surface area contributed by atoms with Gasteiger partial charge in [0.1, 0.15) is 5.01 Å². The van der Waals surface area contributed by atoms with E-state index in [-0.39, 0.29) is 0 Å². The molecule has 6 rings (SSSR count). The number of aromatic nitrogens is 5. The zero-order valence-electron chi connectivity index (χ0n) is 16.0. The number of hydrogen-bond acceptors (Lipinski definition) is 6. The number of hydrogen-bond donors (Lipinski definition) is 0. The highest BCUT2D eigenvalue weighted by molar-refractivity contribution is 7.20. The van der Waals surface area contributed by atoms with E-state index in [9.17, 15) is 0 Å². The number of nitrogens with zero attached hydrogens (tertiary/aromatic N) is 5. The van der Waals surface area contributed by atoms with Gasteiger partial charge in [-0.2, -0.15) is 9.61 Å². The van der Waals surface area contributed by atoms with E-state index in [0.717, 1.165) is 37.7 Å². The van der Waals surface area contributed by atoms with Crippen LogP contribution in [-0.2, 0) is 0 Å². The number of furan rings is 1. The molecule has 0 saturated heterocycles. The molecule has 4 heterocycles. The molecule has 0 amide bonds. The summed E-state index contributed by atoms with van der Waals surface area (Å²) in [6, 6.07) is 22.3. The molecule has 0 N–H and O–H groups in total. The van der Waals surface area contributed by atoms with Crippen molar-refractivity contribution < 1.29 is 4.42 Å². The van der Waals surface area contributed by atoms with Crippen LogP contribution >= 0.6 is 11.3 Å². The van der Waals surface area contributed by atoms with Gasteiger partial charge in [0.25, 0.3) is 0 Å². The average molecular weight is 409 g/mol. The van der Waals surface area contributed by atoms with Crippen LogP contribution in [0.5, 0.6) is 0 Å². The largest absolute Gasteiger partial charge is 0.461 e. The third-order valence-corrected chi connectivity index (χ3v) is 5.93. The zero-order valence-corrected chi connectivity index (χ0v) is 16.8. The minimum atomic E-state index is 0.593. The van der Waals surface area contributed by atoms with Gasteiger partial charge in [0.15, 0.2) is 5.76 Å². The van der Waals surface area contributed by atoms with Crippen LogP contribution in [0.2, 0.25) is 0 Å². The molecule has 0 fully saturated rings. The first-order valence-corrected chi connectivity index (χ1v) is 10.3. The molecule has 0 spiro atoms. The van der Waals surface area contributed by atoms with Crippen LogP contribution in [0.4, 0.5) is 0 Å². The van der Waals surface area contributed by atoms with Crippen molar-refractivity contribution in [3.05, 3.63) is 78.6 Å². The summed E-state index contributed by atoms with van der Waals surface area (Å²) in [5.74, 6) is 1.23. The molecule has 0 aliphatic rings. The van der Waals surface area contributed by atoms with E-state index >= 15 is 0 Å². The molecule has 2 aromatic carbocycles. The van der Waals surface area contributed by atoms with Gasteiger partial charge in [0, 0.05) is 16.5 Å². The van der Waals surface area contributed by atoms with E-state index in [0.29, 0.717) is 11.6 Å². The monoisotopic (exact) mass is 409 g/mol. The Hall–Kier alpha value is -3.84. The van der Waals surface area contributed by atoms with Crippen molar-refractivity contribution in [2.24, 2.45) is 0 Å². The molecule has 4 aromatic heterocycles. The van der Waals surface area contributed by atoms with Crippen molar-refractivity contribution in [3.8, 4) is 33.4 Å². The Labute approximate surface area is 175 Å². The van der Waals surface area contributed by atoms with Gasteiger partial charge in [-0.15, -0.1) is 10.2 Å². The maximum Gasteiger partial charge on any atom is 0.235 e. The topological polar surface area (TPSA) is 69.1 Å². The lowest BCUT2D eigenvalue weighted by Crippen LogP contribution is -1.93. The highest BCUT2D eigenvalue weighted by Gasteiger charge is 2.18. The van der Waals surface area contributed by atoms with Crippen LogP contribution < -0.4 is 0 Å². The molecule has 0 radical (unpaired) electrons. The average Bonchev–Trinajstić information content (AvgIpc) is 3.51. The van der Waals surface area contributed by atoms with E-state index < -0.39 is 0 Å². The van der Waals surface area contributed by atoms with E-state index in [1.807, 2.05) is 30.3 Å². The predicted octanol–water partition coefficient (Wildman–Crippen LogP) is 5.64. The van der Waals surface area contributed by atoms with Crippen LogP contribution in [0.3, 0.4) is 0 Å². The number of aryl methyl sites for hydroxylation is 1. The van der Waals surface area contributed by atoms with Gasteiger partial charge in [0.05, 0.1) is 17.5 Å². The normalized spacial score (nSPS) is 11.5. The summed E-state index contributed by atoms with van der Waals surface area (Å²) < 4.78 is 7.23. The van der Waals surface area contributed by atoms with Gasteiger partial charge >= 0.3 is 0 Å². The fourth-order valence-electron chi connectivity index (χ4n) is 3.56. The lowest BCUT2D eigenvalue weighted by Gasteiger charge is -2.09. The fraction of sp³-hybridized carbons (Fsp3) is 0.0435. The SMILES string of the molecule is Cc1ccc2nc(-c3ccccc3)cc(-c3nn4c(-c5ccco5)nnc4s3)c2c1. The fourth-order valence-corrected chi connectivity index (χ4v) is 4.43. The molecule has 6 nitrogen and oxygen atoms in total. The Kier molecular flexibility index (Phi) is 3.75. The second-order valence-electron chi connectivity index (χ2n) is 7.04. The molecule has 7 heteroatoms. The summed E-state index contributed by atoms with van der Waals surface area (Å²) in [6.45, 7) is 2.09. The number of benzene rings is 2. The lowest BCUT2D eigenvalue weighted by atomic mass is 10.0. The molecule has 144 valence electrons. The first-order valence-electron chi connectivity index (χ1n) is 9.49.